The molecular weight excluding hydrogens is 336 g/mol. The second-order valence-corrected chi connectivity index (χ2v) is 6.98. The molecule has 3 heteroatoms. The first kappa shape index (κ1) is 18.7. The Morgan fingerprint density at radius 1 is 0.815 bits per heavy atom. The van der Waals surface area contributed by atoms with Crippen LogP contribution < -0.4 is 4.74 Å². The van der Waals surface area contributed by atoms with Crippen LogP contribution in [-0.2, 0) is 11.2 Å². The van der Waals surface area contributed by atoms with Crippen LogP contribution >= 0.6 is 0 Å². The molecule has 0 radical (unpaired) electrons. The van der Waals surface area contributed by atoms with Gasteiger partial charge in [-0.15, -0.1) is 0 Å². The fraction of sp³-hybridized carbons (Fsp3) is 0.208. The molecule has 0 bridgehead atoms. The van der Waals surface area contributed by atoms with Crippen LogP contribution in [0.1, 0.15) is 42.4 Å². The van der Waals surface area contributed by atoms with E-state index < -0.39 is 11.9 Å². The predicted molar refractivity (Wildman–Crippen MR) is 108 cm³/mol. The van der Waals surface area contributed by atoms with Gasteiger partial charge in [-0.2, -0.15) is 0 Å². The van der Waals surface area contributed by atoms with Crippen LogP contribution in [0.2, 0.25) is 0 Å². The molecule has 0 aliphatic heterocycles. The standard InChI is InChI=1S/C24H24O3/c1-17(2)19-10-14-22(15-11-19)27-21-12-8-18(9-13-21)16-23(24(25)26)20-6-4-3-5-7-20/h3-15,17,23H,16H2,1-2H3,(H,25,26). The molecule has 1 N–H and O–H groups in total. The van der Waals surface area contributed by atoms with Crippen molar-refractivity contribution < 1.29 is 14.6 Å². The summed E-state index contributed by atoms with van der Waals surface area (Å²) in [6, 6.07) is 25.1. The molecule has 0 fully saturated rings. The molecule has 1 unspecified atom stereocenters. The third-order valence-electron chi connectivity index (χ3n) is 4.65. The molecule has 0 aromatic heterocycles. The smallest absolute Gasteiger partial charge is 0.311 e. The van der Waals surface area contributed by atoms with Crippen LogP contribution in [0.15, 0.2) is 78.9 Å². The van der Waals surface area contributed by atoms with Gasteiger partial charge in [0, 0.05) is 0 Å². The number of carbonyl (C=O) groups is 1. The molecule has 1 atom stereocenters. The zero-order valence-electron chi connectivity index (χ0n) is 15.6. The van der Waals surface area contributed by atoms with Crippen molar-refractivity contribution in [2.75, 3.05) is 0 Å². The number of benzene rings is 3. The molecule has 3 nitrogen and oxygen atoms in total. The normalized spacial score (nSPS) is 12.0. The van der Waals surface area contributed by atoms with Crippen molar-refractivity contribution in [3.63, 3.8) is 0 Å². The van der Waals surface area contributed by atoms with Crippen LogP contribution in [0.5, 0.6) is 11.5 Å². The lowest BCUT2D eigenvalue weighted by Crippen LogP contribution is -2.14. The highest BCUT2D eigenvalue weighted by atomic mass is 16.5. The van der Waals surface area contributed by atoms with Crippen molar-refractivity contribution in [1.82, 2.24) is 0 Å². The van der Waals surface area contributed by atoms with E-state index in [0.29, 0.717) is 12.3 Å². The average molecular weight is 360 g/mol. The molecule has 3 rings (SSSR count). The Labute approximate surface area is 160 Å². The van der Waals surface area contributed by atoms with E-state index in [1.165, 1.54) is 5.56 Å². The highest BCUT2D eigenvalue weighted by Gasteiger charge is 2.20. The first-order valence-electron chi connectivity index (χ1n) is 9.17. The maximum absolute atomic E-state index is 11.7. The molecule has 27 heavy (non-hydrogen) atoms. The molecule has 138 valence electrons. The Kier molecular flexibility index (Phi) is 5.92. The second-order valence-electron chi connectivity index (χ2n) is 6.98. The molecule has 3 aromatic rings. The molecule has 0 spiro atoms. The lowest BCUT2D eigenvalue weighted by Gasteiger charge is -2.13. The van der Waals surface area contributed by atoms with Crippen LogP contribution in [0, 0.1) is 0 Å². The molecule has 0 aliphatic rings. The Bertz CT molecular complexity index is 866. The Hall–Kier alpha value is -3.07. The number of carboxylic acid groups (broad SMARTS) is 1. The average Bonchev–Trinajstić information content (AvgIpc) is 2.68. The fourth-order valence-corrected chi connectivity index (χ4v) is 3.02. The zero-order valence-corrected chi connectivity index (χ0v) is 15.6. The summed E-state index contributed by atoms with van der Waals surface area (Å²) in [5.41, 5.74) is 3.06. The van der Waals surface area contributed by atoms with E-state index in [-0.39, 0.29) is 0 Å². The van der Waals surface area contributed by atoms with E-state index in [2.05, 4.69) is 26.0 Å². The van der Waals surface area contributed by atoms with Gasteiger partial charge in [0.25, 0.3) is 0 Å². The van der Waals surface area contributed by atoms with E-state index in [0.717, 1.165) is 22.6 Å². The Morgan fingerprint density at radius 3 is 1.89 bits per heavy atom. The SMILES string of the molecule is CC(C)c1ccc(Oc2ccc(CC(C(=O)O)c3ccccc3)cc2)cc1. The summed E-state index contributed by atoms with van der Waals surface area (Å²) in [7, 11) is 0. The first-order valence-corrected chi connectivity index (χ1v) is 9.17. The molecule has 0 saturated heterocycles. The quantitative estimate of drug-likeness (QED) is 0.561. The van der Waals surface area contributed by atoms with Crippen molar-refractivity contribution in [3.8, 4) is 11.5 Å². The van der Waals surface area contributed by atoms with Crippen molar-refractivity contribution in [1.29, 1.82) is 0 Å². The third-order valence-corrected chi connectivity index (χ3v) is 4.65. The van der Waals surface area contributed by atoms with Crippen molar-refractivity contribution in [3.05, 3.63) is 95.6 Å². The van der Waals surface area contributed by atoms with Gasteiger partial charge in [0.05, 0.1) is 5.92 Å². The minimum atomic E-state index is -0.813. The van der Waals surface area contributed by atoms with Crippen molar-refractivity contribution >= 4 is 5.97 Å². The van der Waals surface area contributed by atoms with Gasteiger partial charge in [0.1, 0.15) is 11.5 Å². The molecule has 0 saturated carbocycles. The summed E-state index contributed by atoms with van der Waals surface area (Å²) in [5.74, 6) is 0.654. The van der Waals surface area contributed by atoms with Crippen LogP contribution in [0.4, 0.5) is 0 Å². The summed E-state index contributed by atoms with van der Waals surface area (Å²) < 4.78 is 5.89. The van der Waals surface area contributed by atoms with E-state index in [9.17, 15) is 9.90 Å². The maximum Gasteiger partial charge on any atom is 0.311 e. The summed E-state index contributed by atoms with van der Waals surface area (Å²) in [4.78, 5) is 11.7. The Balaban J connectivity index is 1.68. The van der Waals surface area contributed by atoms with Crippen molar-refractivity contribution in [2.45, 2.75) is 32.1 Å². The minimum absolute atomic E-state index is 0.447. The second kappa shape index (κ2) is 8.54. The van der Waals surface area contributed by atoms with Crippen LogP contribution in [-0.4, -0.2) is 11.1 Å². The van der Waals surface area contributed by atoms with E-state index >= 15 is 0 Å². The molecule has 0 aliphatic carbocycles. The number of hydrogen-bond donors (Lipinski definition) is 1. The van der Waals surface area contributed by atoms with Gasteiger partial charge in [-0.25, -0.2) is 0 Å². The highest BCUT2D eigenvalue weighted by Crippen LogP contribution is 2.26. The summed E-state index contributed by atoms with van der Waals surface area (Å²) in [6.45, 7) is 4.32. The summed E-state index contributed by atoms with van der Waals surface area (Å²) in [6.07, 6.45) is 0.447. The lowest BCUT2D eigenvalue weighted by molar-refractivity contribution is -0.138. The topological polar surface area (TPSA) is 46.5 Å². The molecule has 3 aromatic carbocycles. The van der Waals surface area contributed by atoms with Gasteiger partial charge in [0.2, 0.25) is 0 Å². The number of hydrogen-bond acceptors (Lipinski definition) is 2. The highest BCUT2D eigenvalue weighted by molar-refractivity contribution is 5.76. The Morgan fingerprint density at radius 2 is 1.37 bits per heavy atom. The lowest BCUT2D eigenvalue weighted by atomic mass is 9.92. The van der Waals surface area contributed by atoms with E-state index in [1.54, 1.807) is 0 Å². The summed E-state index contributed by atoms with van der Waals surface area (Å²) in [5, 5.41) is 9.57. The number of ether oxygens (including phenoxy) is 1. The maximum atomic E-state index is 11.7. The zero-order chi connectivity index (χ0) is 19.2. The van der Waals surface area contributed by atoms with Gasteiger partial charge in [-0.3, -0.25) is 4.79 Å². The monoisotopic (exact) mass is 360 g/mol. The van der Waals surface area contributed by atoms with E-state index in [1.807, 2.05) is 66.7 Å². The molecule has 0 heterocycles. The number of rotatable bonds is 7. The fourth-order valence-electron chi connectivity index (χ4n) is 3.02. The molecular formula is C24H24O3. The largest absolute Gasteiger partial charge is 0.481 e. The number of carboxylic acids is 1. The third kappa shape index (κ3) is 4.98. The van der Waals surface area contributed by atoms with Crippen LogP contribution in [0.25, 0.3) is 0 Å². The van der Waals surface area contributed by atoms with Crippen LogP contribution in [0.3, 0.4) is 0 Å². The number of aliphatic carboxylic acids is 1. The van der Waals surface area contributed by atoms with Gasteiger partial charge in [-0.05, 0) is 53.3 Å². The van der Waals surface area contributed by atoms with Gasteiger partial charge in [0.15, 0.2) is 0 Å². The minimum Gasteiger partial charge on any atom is -0.481 e. The first-order chi connectivity index (χ1) is 13.0. The van der Waals surface area contributed by atoms with Crippen molar-refractivity contribution in [2.24, 2.45) is 0 Å². The van der Waals surface area contributed by atoms with Gasteiger partial charge >= 0.3 is 5.97 Å². The predicted octanol–water partition coefficient (Wildman–Crippen LogP) is 6.01. The molecule has 0 amide bonds. The van der Waals surface area contributed by atoms with Gasteiger partial charge in [-0.1, -0.05) is 68.4 Å². The summed E-state index contributed by atoms with van der Waals surface area (Å²) >= 11 is 0. The van der Waals surface area contributed by atoms with Gasteiger partial charge < -0.3 is 9.84 Å². The van der Waals surface area contributed by atoms with E-state index in [4.69, 9.17) is 4.74 Å².